The van der Waals surface area contributed by atoms with Gasteiger partial charge in [0, 0.05) is 56.2 Å². The number of ether oxygens (including phenoxy) is 2. The van der Waals surface area contributed by atoms with Crippen LogP contribution in [0.2, 0.25) is 0 Å². The van der Waals surface area contributed by atoms with Crippen LogP contribution in [0.15, 0.2) is 18.3 Å². The number of likely N-dealkylation sites (tertiary alicyclic amines) is 1. The predicted octanol–water partition coefficient (Wildman–Crippen LogP) is 3.30. The van der Waals surface area contributed by atoms with Crippen LogP contribution in [0.3, 0.4) is 0 Å². The molecule has 0 radical (unpaired) electrons. The van der Waals surface area contributed by atoms with E-state index in [1.165, 1.54) is 12.3 Å². The minimum Gasteiger partial charge on any atom is -0.402 e. The Kier molecular flexibility index (Phi) is 5.39. The molecule has 1 saturated carbocycles. The first-order chi connectivity index (χ1) is 14.2. The number of nitrogen functional groups attached to an aromatic ring is 1. The molecular formula is C20H26F3N5O2. The number of alkyl halides is 3. The standard InChI is InChI=1S/C20H26F3N5O2/c1-11(2)28-16(18-13-9-27(4-5-29-3)10-14(13)18)7-15(26-28)12-6-17(19(24)25-8-12)30-20(21,22)23/h6-8,11,13-14,18H,4-5,9-10H2,1-3H3,(H2,24,25)/t13-,14+,18+. The molecule has 3 heterocycles. The van der Waals surface area contributed by atoms with Crippen LogP contribution in [0, 0.1) is 11.8 Å². The molecule has 2 fully saturated rings. The summed E-state index contributed by atoms with van der Waals surface area (Å²) >= 11 is 0. The van der Waals surface area contributed by atoms with E-state index in [1.807, 2.05) is 24.6 Å². The molecule has 2 aromatic rings. The molecule has 30 heavy (non-hydrogen) atoms. The molecule has 2 N–H and O–H groups in total. The molecule has 3 atom stereocenters. The van der Waals surface area contributed by atoms with Gasteiger partial charge in [-0.1, -0.05) is 0 Å². The average Bonchev–Trinajstić information content (AvgIpc) is 3.03. The number of hydrogen-bond acceptors (Lipinski definition) is 6. The van der Waals surface area contributed by atoms with Gasteiger partial charge in [-0.3, -0.25) is 4.68 Å². The summed E-state index contributed by atoms with van der Waals surface area (Å²) in [5.74, 6) is 0.750. The summed E-state index contributed by atoms with van der Waals surface area (Å²) in [6.45, 7) is 7.81. The zero-order chi connectivity index (χ0) is 21.6. The lowest BCUT2D eigenvalue weighted by atomic mass is 10.1. The first-order valence-electron chi connectivity index (χ1n) is 10.00. The van der Waals surface area contributed by atoms with Gasteiger partial charge in [0.1, 0.15) is 0 Å². The van der Waals surface area contributed by atoms with E-state index in [2.05, 4.69) is 19.7 Å². The zero-order valence-corrected chi connectivity index (χ0v) is 17.2. The molecular weight excluding hydrogens is 399 g/mol. The van der Waals surface area contributed by atoms with Crippen LogP contribution in [0.25, 0.3) is 11.3 Å². The van der Waals surface area contributed by atoms with Crippen LogP contribution >= 0.6 is 0 Å². The summed E-state index contributed by atoms with van der Waals surface area (Å²) in [7, 11) is 1.71. The Labute approximate surface area is 173 Å². The number of nitrogens with two attached hydrogens (primary N) is 1. The summed E-state index contributed by atoms with van der Waals surface area (Å²) in [4.78, 5) is 6.28. The third kappa shape index (κ3) is 4.11. The van der Waals surface area contributed by atoms with E-state index in [1.54, 1.807) is 7.11 Å². The molecule has 2 aromatic heterocycles. The molecule has 1 aliphatic carbocycles. The fourth-order valence-corrected chi connectivity index (χ4v) is 4.47. The summed E-state index contributed by atoms with van der Waals surface area (Å²) < 4.78 is 49.1. The molecule has 2 aliphatic rings. The third-order valence-electron chi connectivity index (χ3n) is 5.88. The third-order valence-corrected chi connectivity index (χ3v) is 5.88. The van der Waals surface area contributed by atoms with Crippen LogP contribution in [0.5, 0.6) is 5.75 Å². The lowest BCUT2D eigenvalue weighted by molar-refractivity contribution is -0.274. The number of hydrogen-bond donors (Lipinski definition) is 1. The van der Waals surface area contributed by atoms with Crippen molar-refractivity contribution in [1.82, 2.24) is 19.7 Å². The van der Waals surface area contributed by atoms with Crippen LogP contribution in [0.4, 0.5) is 19.0 Å². The van der Waals surface area contributed by atoms with E-state index in [0.717, 1.165) is 31.9 Å². The van der Waals surface area contributed by atoms with Gasteiger partial charge in [-0.15, -0.1) is 13.2 Å². The monoisotopic (exact) mass is 425 g/mol. The SMILES string of the molecule is COCCN1C[C@@H]2[C@H](C1)[C@H]2c1cc(-c2cnc(N)c(OC(F)(F)F)c2)nn1C(C)C. The Bertz CT molecular complexity index is 902. The number of piperidine rings is 1. The fourth-order valence-electron chi connectivity index (χ4n) is 4.47. The molecule has 1 aliphatic heterocycles. The van der Waals surface area contributed by atoms with E-state index in [9.17, 15) is 13.2 Å². The quantitative estimate of drug-likeness (QED) is 0.734. The number of aromatic nitrogens is 3. The van der Waals surface area contributed by atoms with Crippen molar-refractivity contribution in [3.05, 3.63) is 24.0 Å². The van der Waals surface area contributed by atoms with E-state index in [4.69, 9.17) is 10.5 Å². The fraction of sp³-hybridized carbons (Fsp3) is 0.600. The highest BCUT2D eigenvalue weighted by Gasteiger charge is 2.57. The molecule has 10 heteroatoms. The summed E-state index contributed by atoms with van der Waals surface area (Å²) in [6.07, 6.45) is -3.41. The number of pyridine rings is 1. The van der Waals surface area contributed by atoms with Crippen molar-refractivity contribution < 1.29 is 22.6 Å². The van der Waals surface area contributed by atoms with Crippen molar-refractivity contribution in [2.24, 2.45) is 11.8 Å². The first-order valence-corrected chi connectivity index (χ1v) is 10.00. The maximum Gasteiger partial charge on any atom is 0.573 e. The van der Waals surface area contributed by atoms with Crippen LogP contribution in [0.1, 0.15) is 31.5 Å². The van der Waals surface area contributed by atoms with E-state index in [-0.39, 0.29) is 11.9 Å². The van der Waals surface area contributed by atoms with Crippen LogP contribution in [-0.4, -0.2) is 59.4 Å². The second kappa shape index (κ2) is 7.73. The van der Waals surface area contributed by atoms with Gasteiger partial charge >= 0.3 is 6.36 Å². The van der Waals surface area contributed by atoms with E-state index in [0.29, 0.717) is 29.0 Å². The zero-order valence-electron chi connectivity index (χ0n) is 17.2. The molecule has 4 rings (SSSR count). The van der Waals surface area contributed by atoms with Gasteiger partial charge in [-0.05, 0) is 37.8 Å². The molecule has 0 spiro atoms. The summed E-state index contributed by atoms with van der Waals surface area (Å²) in [5, 5.41) is 4.67. The molecule has 0 unspecified atom stereocenters. The lowest BCUT2D eigenvalue weighted by Gasteiger charge is -2.19. The highest BCUT2D eigenvalue weighted by atomic mass is 19.4. The van der Waals surface area contributed by atoms with E-state index < -0.39 is 12.1 Å². The number of rotatable bonds is 7. The normalized spacial score (nSPS) is 23.8. The van der Waals surface area contributed by atoms with Crippen molar-refractivity contribution in [3.63, 3.8) is 0 Å². The van der Waals surface area contributed by atoms with Crippen molar-refractivity contribution >= 4 is 5.82 Å². The van der Waals surface area contributed by atoms with Gasteiger partial charge in [0.15, 0.2) is 11.6 Å². The van der Waals surface area contributed by atoms with Crippen molar-refractivity contribution in [2.45, 2.75) is 32.2 Å². The maximum atomic E-state index is 12.6. The van der Waals surface area contributed by atoms with Gasteiger partial charge < -0.3 is 20.1 Å². The van der Waals surface area contributed by atoms with Crippen LogP contribution < -0.4 is 10.5 Å². The van der Waals surface area contributed by atoms with Crippen molar-refractivity contribution in [1.29, 1.82) is 0 Å². The van der Waals surface area contributed by atoms with Gasteiger partial charge in [0.05, 0.1) is 12.3 Å². The highest BCUT2D eigenvalue weighted by Crippen LogP contribution is 2.58. The number of fused-ring (bicyclic) bond motifs is 1. The number of nitrogens with zero attached hydrogens (tertiary/aromatic N) is 4. The number of methoxy groups -OCH3 is 1. The second-order valence-corrected chi connectivity index (χ2v) is 8.25. The smallest absolute Gasteiger partial charge is 0.402 e. The average molecular weight is 425 g/mol. The molecule has 0 aromatic carbocycles. The Morgan fingerprint density at radius 3 is 2.53 bits per heavy atom. The Morgan fingerprint density at radius 2 is 1.93 bits per heavy atom. The molecule has 1 saturated heterocycles. The van der Waals surface area contributed by atoms with Gasteiger partial charge in [0.25, 0.3) is 0 Å². The minimum atomic E-state index is -4.84. The lowest BCUT2D eigenvalue weighted by Crippen LogP contribution is -2.28. The predicted molar refractivity (Wildman–Crippen MR) is 105 cm³/mol. The van der Waals surface area contributed by atoms with Gasteiger partial charge in [-0.25, -0.2) is 4.98 Å². The Balaban J connectivity index is 1.57. The Hall–Kier alpha value is -2.33. The second-order valence-electron chi connectivity index (χ2n) is 8.25. The van der Waals surface area contributed by atoms with E-state index >= 15 is 0 Å². The number of anilines is 1. The topological polar surface area (TPSA) is 78.4 Å². The number of halogens is 3. The molecule has 0 bridgehead atoms. The largest absolute Gasteiger partial charge is 0.573 e. The maximum absolute atomic E-state index is 12.6. The summed E-state index contributed by atoms with van der Waals surface area (Å²) in [5.41, 5.74) is 7.68. The molecule has 0 amide bonds. The first kappa shape index (κ1) is 20.9. The minimum absolute atomic E-state index is 0.132. The molecule has 7 nitrogen and oxygen atoms in total. The van der Waals surface area contributed by atoms with Gasteiger partial charge in [0.2, 0.25) is 0 Å². The van der Waals surface area contributed by atoms with Gasteiger partial charge in [-0.2, -0.15) is 5.10 Å². The van der Waals surface area contributed by atoms with Crippen molar-refractivity contribution in [3.8, 4) is 17.0 Å². The summed E-state index contributed by atoms with van der Waals surface area (Å²) in [6, 6.07) is 3.34. The Morgan fingerprint density at radius 1 is 1.23 bits per heavy atom. The highest BCUT2D eigenvalue weighted by molar-refractivity contribution is 5.64. The van der Waals surface area contributed by atoms with Crippen LogP contribution in [-0.2, 0) is 4.74 Å². The molecule has 164 valence electrons. The van der Waals surface area contributed by atoms with Crippen molar-refractivity contribution in [2.75, 3.05) is 39.1 Å².